The number of carbonyl (C=O) groups is 2. The number of carboxylic acid groups (broad SMARTS) is 1. The summed E-state index contributed by atoms with van der Waals surface area (Å²) in [5.41, 5.74) is 0.537. The number of rotatable bonds is 3. The van der Waals surface area contributed by atoms with Crippen molar-refractivity contribution in [1.82, 2.24) is 4.90 Å². The fourth-order valence-corrected chi connectivity index (χ4v) is 2.37. The van der Waals surface area contributed by atoms with Crippen LogP contribution in [-0.2, 0) is 4.79 Å². The third kappa shape index (κ3) is 3.01. The van der Waals surface area contributed by atoms with Crippen molar-refractivity contribution in [1.29, 1.82) is 0 Å². The highest BCUT2D eigenvalue weighted by atomic mass is 16.5. The minimum Gasteiger partial charge on any atom is -0.495 e. The second-order valence-electron chi connectivity index (χ2n) is 4.67. The van der Waals surface area contributed by atoms with Gasteiger partial charge in [0, 0.05) is 6.54 Å². The predicted molar refractivity (Wildman–Crippen MR) is 74.0 cm³/mol. The highest BCUT2D eigenvalue weighted by Gasteiger charge is 2.32. The van der Waals surface area contributed by atoms with Crippen LogP contribution in [0.3, 0.4) is 0 Å². The summed E-state index contributed by atoms with van der Waals surface area (Å²) < 4.78 is 5.16. The van der Waals surface area contributed by atoms with E-state index in [2.05, 4.69) is 5.32 Å². The van der Waals surface area contributed by atoms with Crippen LogP contribution in [0.25, 0.3) is 0 Å². The molecule has 1 saturated heterocycles. The Labute approximate surface area is 117 Å². The van der Waals surface area contributed by atoms with Gasteiger partial charge in [-0.2, -0.15) is 0 Å². The molecule has 1 heterocycles. The van der Waals surface area contributed by atoms with Gasteiger partial charge in [0.25, 0.3) is 0 Å². The van der Waals surface area contributed by atoms with E-state index in [1.807, 2.05) is 0 Å². The number of benzene rings is 1. The molecule has 0 unspecified atom stereocenters. The molecule has 0 spiro atoms. The Morgan fingerprint density at radius 3 is 2.80 bits per heavy atom. The number of carbonyl (C=O) groups excluding carboxylic acids is 1. The first-order valence-electron chi connectivity index (χ1n) is 6.57. The molecule has 0 bridgehead atoms. The minimum atomic E-state index is -0.958. The SMILES string of the molecule is COc1ccccc1NC(=O)N1CCCC[C@H]1C(=O)O. The molecule has 2 amide bonds. The van der Waals surface area contributed by atoms with Crippen LogP contribution in [-0.4, -0.2) is 41.7 Å². The number of methoxy groups -OCH3 is 1. The highest BCUT2D eigenvalue weighted by Crippen LogP contribution is 2.25. The van der Waals surface area contributed by atoms with Gasteiger partial charge in [0.2, 0.25) is 0 Å². The van der Waals surface area contributed by atoms with Crippen LogP contribution >= 0.6 is 0 Å². The largest absolute Gasteiger partial charge is 0.495 e. The Bertz CT molecular complexity index is 504. The molecule has 1 atom stereocenters. The number of nitrogens with one attached hydrogen (secondary N) is 1. The quantitative estimate of drug-likeness (QED) is 0.888. The summed E-state index contributed by atoms with van der Waals surface area (Å²) in [5.74, 6) is -0.412. The molecule has 0 aliphatic carbocycles. The molecule has 2 N–H and O–H groups in total. The van der Waals surface area contributed by atoms with Crippen LogP contribution in [0, 0.1) is 0 Å². The van der Waals surface area contributed by atoms with Gasteiger partial charge >= 0.3 is 12.0 Å². The van der Waals surface area contributed by atoms with Gasteiger partial charge in [0.15, 0.2) is 0 Å². The number of piperidine rings is 1. The van der Waals surface area contributed by atoms with E-state index in [1.165, 1.54) is 12.0 Å². The Morgan fingerprint density at radius 1 is 1.35 bits per heavy atom. The van der Waals surface area contributed by atoms with Crippen molar-refractivity contribution in [2.24, 2.45) is 0 Å². The lowest BCUT2D eigenvalue weighted by Crippen LogP contribution is -2.49. The van der Waals surface area contributed by atoms with E-state index in [4.69, 9.17) is 4.74 Å². The summed E-state index contributed by atoms with van der Waals surface area (Å²) in [7, 11) is 1.52. The van der Waals surface area contributed by atoms with E-state index in [0.717, 1.165) is 12.8 Å². The summed E-state index contributed by atoms with van der Waals surface area (Å²) >= 11 is 0. The second kappa shape index (κ2) is 6.27. The second-order valence-corrected chi connectivity index (χ2v) is 4.67. The molecule has 0 saturated carbocycles. The zero-order chi connectivity index (χ0) is 14.5. The summed E-state index contributed by atoms with van der Waals surface area (Å²) in [4.78, 5) is 24.8. The fourth-order valence-electron chi connectivity index (χ4n) is 2.37. The van der Waals surface area contributed by atoms with E-state index in [0.29, 0.717) is 24.4 Å². The summed E-state index contributed by atoms with van der Waals surface area (Å²) in [6.07, 6.45) is 2.15. The van der Waals surface area contributed by atoms with Crippen LogP contribution in [0.5, 0.6) is 5.75 Å². The smallest absolute Gasteiger partial charge is 0.326 e. The average molecular weight is 278 g/mol. The first-order valence-corrected chi connectivity index (χ1v) is 6.57. The average Bonchev–Trinajstić information content (AvgIpc) is 2.47. The van der Waals surface area contributed by atoms with E-state index < -0.39 is 18.0 Å². The number of nitrogens with zero attached hydrogens (tertiary/aromatic N) is 1. The maximum absolute atomic E-state index is 12.2. The van der Waals surface area contributed by atoms with Crippen molar-refractivity contribution in [3.05, 3.63) is 24.3 Å². The third-order valence-corrected chi connectivity index (χ3v) is 3.40. The number of likely N-dealkylation sites (tertiary alicyclic amines) is 1. The molecule has 20 heavy (non-hydrogen) atoms. The van der Waals surface area contributed by atoms with Crippen molar-refractivity contribution in [2.45, 2.75) is 25.3 Å². The van der Waals surface area contributed by atoms with E-state index >= 15 is 0 Å². The number of hydrogen-bond acceptors (Lipinski definition) is 3. The monoisotopic (exact) mass is 278 g/mol. The number of anilines is 1. The van der Waals surface area contributed by atoms with Crippen molar-refractivity contribution in [3.8, 4) is 5.75 Å². The van der Waals surface area contributed by atoms with Crippen molar-refractivity contribution >= 4 is 17.7 Å². The Kier molecular flexibility index (Phi) is 4.45. The van der Waals surface area contributed by atoms with E-state index in [9.17, 15) is 14.7 Å². The zero-order valence-corrected chi connectivity index (χ0v) is 11.3. The number of ether oxygens (including phenoxy) is 1. The number of para-hydroxylation sites is 2. The first-order chi connectivity index (χ1) is 9.63. The number of urea groups is 1. The van der Waals surface area contributed by atoms with Gasteiger partial charge < -0.3 is 20.1 Å². The van der Waals surface area contributed by atoms with Crippen molar-refractivity contribution in [2.75, 3.05) is 19.0 Å². The van der Waals surface area contributed by atoms with Crippen LogP contribution in [0.1, 0.15) is 19.3 Å². The Balaban J connectivity index is 2.12. The highest BCUT2D eigenvalue weighted by molar-refractivity contribution is 5.93. The zero-order valence-electron chi connectivity index (χ0n) is 11.3. The van der Waals surface area contributed by atoms with Gasteiger partial charge in [-0.25, -0.2) is 9.59 Å². The molecular weight excluding hydrogens is 260 g/mol. The molecule has 1 aromatic carbocycles. The molecule has 1 fully saturated rings. The molecule has 1 aliphatic rings. The lowest BCUT2D eigenvalue weighted by Gasteiger charge is -2.33. The van der Waals surface area contributed by atoms with Crippen LogP contribution in [0.4, 0.5) is 10.5 Å². The maximum atomic E-state index is 12.2. The van der Waals surface area contributed by atoms with Crippen LogP contribution < -0.4 is 10.1 Å². The molecule has 0 aromatic heterocycles. The predicted octanol–water partition coefficient (Wildman–Crippen LogP) is 2.17. The normalized spacial score (nSPS) is 18.4. The van der Waals surface area contributed by atoms with E-state index in [-0.39, 0.29) is 0 Å². The number of hydrogen-bond donors (Lipinski definition) is 2. The maximum Gasteiger partial charge on any atom is 0.326 e. The molecular formula is C14H18N2O4. The molecule has 2 rings (SSSR count). The lowest BCUT2D eigenvalue weighted by molar-refractivity contribution is -0.143. The van der Waals surface area contributed by atoms with Gasteiger partial charge in [-0.15, -0.1) is 0 Å². The third-order valence-electron chi connectivity index (χ3n) is 3.40. The van der Waals surface area contributed by atoms with Gasteiger partial charge in [-0.05, 0) is 31.4 Å². The van der Waals surface area contributed by atoms with Gasteiger partial charge in [0.1, 0.15) is 11.8 Å². The molecule has 108 valence electrons. The summed E-state index contributed by atoms with van der Waals surface area (Å²) in [6.45, 7) is 0.456. The van der Waals surface area contributed by atoms with Crippen LogP contribution in [0.15, 0.2) is 24.3 Å². The molecule has 0 radical (unpaired) electrons. The van der Waals surface area contributed by atoms with Gasteiger partial charge in [-0.3, -0.25) is 0 Å². The van der Waals surface area contributed by atoms with Gasteiger partial charge in [-0.1, -0.05) is 12.1 Å². The molecule has 6 heteroatoms. The van der Waals surface area contributed by atoms with E-state index in [1.54, 1.807) is 24.3 Å². The lowest BCUT2D eigenvalue weighted by atomic mass is 10.0. The van der Waals surface area contributed by atoms with Gasteiger partial charge in [0.05, 0.1) is 12.8 Å². The Morgan fingerprint density at radius 2 is 2.10 bits per heavy atom. The summed E-state index contributed by atoms with van der Waals surface area (Å²) in [6, 6.07) is 5.88. The molecule has 1 aromatic rings. The minimum absolute atomic E-state index is 0.401. The molecule has 1 aliphatic heterocycles. The topological polar surface area (TPSA) is 78.9 Å². The van der Waals surface area contributed by atoms with Crippen molar-refractivity contribution < 1.29 is 19.4 Å². The first kappa shape index (κ1) is 14.2. The fraction of sp³-hybridized carbons (Fsp3) is 0.429. The number of carboxylic acids is 1. The summed E-state index contributed by atoms with van der Waals surface area (Å²) in [5, 5.41) is 11.9. The number of amides is 2. The van der Waals surface area contributed by atoms with Crippen LogP contribution in [0.2, 0.25) is 0 Å². The van der Waals surface area contributed by atoms with Crippen molar-refractivity contribution in [3.63, 3.8) is 0 Å². The Hall–Kier alpha value is -2.24. The standard InChI is InChI=1S/C14H18N2O4/c1-20-12-8-3-2-6-10(12)15-14(19)16-9-5-4-7-11(16)13(17)18/h2-3,6,8,11H,4-5,7,9H2,1H3,(H,15,19)(H,17,18)/t11-/m0/s1. The number of aliphatic carboxylic acids is 1. The molecule has 6 nitrogen and oxygen atoms in total.